The molecule has 0 atom stereocenters. The van der Waals surface area contributed by atoms with Crippen molar-refractivity contribution in [2.24, 2.45) is 0 Å². The number of benzene rings is 1. The molecule has 0 saturated carbocycles. The van der Waals surface area contributed by atoms with Gasteiger partial charge in [0.05, 0.1) is 6.61 Å². The zero-order valence-electron chi connectivity index (χ0n) is 12.2. The molecule has 3 heteroatoms. The van der Waals surface area contributed by atoms with Crippen LogP contribution in [0.3, 0.4) is 0 Å². The van der Waals surface area contributed by atoms with Gasteiger partial charge >= 0.3 is 0 Å². The Morgan fingerprint density at radius 2 is 1.89 bits per heavy atom. The minimum absolute atomic E-state index is 0.294. The Labute approximate surface area is 115 Å². The van der Waals surface area contributed by atoms with Crippen LogP contribution in [-0.2, 0) is 4.79 Å². The first-order chi connectivity index (χ1) is 9.08. The SMILES string of the molecule is Cc1cc(C)c(OCCCN2CCCC2=O)cc1C. The molecule has 0 spiro atoms. The highest BCUT2D eigenvalue weighted by Gasteiger charge is 2.19. The molecule has 0 aliphatic carbocycles. The van der Waals surface area contributed by atoms with Crippen LogP contribution in [0.15, 0.2) is 12.1 Å². The zero-order valence-corrected chi connectivity index (χ0v) is 12.2. The Balaban J connectivity index is 1.79. The third-order valence-corrected chi connectivity index (χ3v) is 3.79. The van der Waals surface area contributed by atoms with Crippen molar-refractivity contribution in [2.75, 3.05) is 19.7 Å². The molecule has 104 valence electrons. The van der Waals surface area contributed by atoms with Gasteiger partial charge < -0.3 is 9.64 Å². The second-order valence-electron chi connectivity index (χ2n) is 5.39. The lowest BCUT2D eigenvalue weighted by Gasteiger charge is -2.16. The molecule has 3 nitrogen and oxygen atoms in total. The van der Waals surface area contributed by atoms with Gasteiger partial charge in [0.1, 0.15) is 5.75 Å². The van der Waals surface area contributed by atoms with E-state index in [2.05, 4.69) is 32.9 Å². The molecule has 1 aliphatic rings. The molecule has 0 aromatic heterocycles. The summed E-state index contributed by atoms with van der Waals surface area (Å²) in [5.74, 6) is 1.26. The van der Waals surface area contributed by atoms with E-state index >= 15 is 0 Å². The van der Waals surface area contributed by atoms with Crippen molar-refractivity contribution in [3.63, 3.8) is 0 Å². The fourth-order valence-electron chi connectivity index (χ4n) is 2.47. The van der Waals surface area contributed by atoms with Crippen LogP contribution in [0.1, 0.15) is 36.0 Å². The minimum atomic E-state index is 0.294. The standard InChI is InChI=1S/C16H23NO2/c1-12-10-14(3)15(11-13(12)2)19-9-5-8-17-7-4-6-16(17)18/h10-11H,4-9H2,1-3H3. The number of hydrogen-bond acceptors (Lipinski definition) is 2. The van der Waals surface area contributed by atoms with Gasteiger partial charge in [-0.15, -0.1) is 0 Å². The van der Waals surface area contributed by atoms with Gasteiger partial charge in [0.25, 0.3) is 0 Å². The Morgan fingerprint density at radius 3 is 2.58 bits per heavy atom. The van der Waals surface area contributed by atoms with E-state index in [1.165, 1.54) is 16.7 Å². The highest BCUT2D eigenvalue weighted by molar-refractivity contribution is 5.77. The number of carbonyl (C=O) groups is 1. The van der Waals surface area contributed by atoms with Crippen LogP contribution in [0.4, 0.5) is 0 Å². The number of rotatable bonds is 5. The Morgan fingerprint density at radius 1 is 1.16 bits per heavy atom. The Bertz CT molecular complexity index is 468. The summed E-state index contributed by atoms with van der Waals surface area (Å²) in [7, 11) is 0. The quantitative estimate of drug-likeness (QED) is 0.763. The van der Waals surface area contributed by atoms with Gasteiger partial charge in [0.2, 0.25) is 5.91 Å². The molecule has 1 saturated heterocycles. The predicted molar refractivity (Wildman–Crippen MR) is 76.6 cm³/mol. The highest BCUT2D eigenvalue weighted by Crippen LogP contribution is 2.22. The lowest BCUT2D eigenvalue weighted by atomic mass is 10.1. The summed E-state index contributed by atoms with van der Waals surface area (Å²) in [6.45, 7) is 8.71. The van der Waals surface area contributed by atoms with Crippen LogP contribution >= 0.6 is 0 Å². The van der Waals surface area contributed by atoms with E-state index in [4.69, 9.17) is 4.74 Å². The van der Waals surface area contributed by atoms with Gasteiger partial charge in [-0.1, -0.05) is 6.07 Å². The summed E-state index contributed by atoms with van der Waals surface area (Å²) in [5.41, 5.74) is 3.74. The van der Waals surface area contributed by atoms with Gasteiger partial charge in [-0.05, 0) is 56.4 Å². The molecule has 1 aliphatic heterocycles. The van der Waals surface area contributed by atoms with E-state index in [0.717, 1.165) is 38.1 Å². The molecular formula is C16H23NO2. The van der Waals surface area contributed by atoms with E-state index in [1.54, 1.807) is 0 Å². The molecular weight excluding hydrogens is 238 g/mol. The van der Waals surface area contributed by atoms with Crippen LogP contribution in [0.2, 0.25) is 0 Å². The fraction of sp³-hybridized carbons (Fsp3) is 0.562. The van der Waals surface area contributed by atoms with E-state index in [1.807, 2.05) is 4.90 Å². The number of nitrogens with zero attached hydrogens (tertiary/aromatic N) is 1. The summed E-state index contributed by atoms with van der Waals surface area (Å²) < 4.78 is 5.83. The van der Waals surface area contributed by atoms with E-state index < -0.39 is 0 Å². The van der Waals surface area contributed by atoms with Crippen molar-refractivity contribution >= 4 is 5.91 Å². The van der Waals surface area contributed by atoms with E-state index in [9.17, 15) is 4.79 Å². The Hall–Kier alpha value is -1.51. The van der Waals surface area contributed by atoms with Crippen molar-refractivity contribution in [1.82, 2.24) is 4.90 Å². The normalized spacial score (nSPS) is 15.1. The van der Waals surface area contributed by atoms with Crippen LogP contribution in [0, 0.1) is 20.8 Å². The molecule has 1 aromatic rings. The third kappa shape index (κ3) is 3.49. The topological polar surface area (TPSA) is 29.5 Å². The first-order valence-electron chi connectivity index (χ1n) is 7.06. The third-order valence-electron chi connectivity index (χ3n) is 3.79. The molecule has 19 heavy (non-hydrogen) atoms. The van der Waals surface area contributed by atoms with Crippen molar-refractivity contribution in [3.8, 4) is 5.75 Å². The molecule has 0 bridgehead atoms. The summed E-state index contributed by atoms with van der Waals surface area (Å²) >= 11 is 0. The average Bonchev–Trinajstić information content (AvgIpc) is 2.77. The molecule has 0 radical (unpaired) electrons. The summed E-state index contributed by atoms with van der Waals surface area (Å²) in [5, 5.41) is 0. The van der Waals surface area contributed by atoms with Gasteiger partial charge in [0.15, 0.2) is 0 Å². The Kier molecular flexibility index (Phi) is 4.46. The summed E-state index contributed by atoms with van der Waals surface area (Å²) in [4.78, 5) is 13.4. The predicted octanol–water partition coefficient (Wildman–Crippen LogP) is 3.00. The van der Waals surface area contributed by atoms with Crippen LogP contribution in [-0.4, -0.2) is 30.5 Å². The second-order valence-corrected chi connectivity index (χ2v) is 5.39. The molecule has 0 N–H and O–H groups in total. The van der Waals surface area contributed by atoms with Crippen molar-refractivity contribution < 1.29 is 9.53 Å². The average molecular weight is 261 g/mol. The number of amides is 1. The molecule has 2 rings (SSSR count). The first-order valence-corrected chi connectivity index (χ1v) is 7.06. The largest absolute Gasteiger partial charge is 0.493 e. The minimum Gasteiger partial charge on any atom is -0.493 e. The molecule has 1 aromatic carbocycles. The number of carbonyl (C=O) groups excluding carboxylic acids is 1. The van der Waals surface area contributed by atoms with Crippen molar-refractivity contribution in [1.29, 1.82) is 0 Å². The monoisotopic (exact) mass is 261 g/mol. The lowest BCUT2D eigenvalue weighted by Crippen LogP contribution is -2.26. The number of likely N-dealkylation sites (tertiary alicyclic amines) is 1. The lowest BCUT2D eigenvalue weighted by molar-refractivity contribution is -0.127. The maximum Gasteiger partial charge on any atom is 0.222 e. The van der Waals surface area contributed by atoms with Crippen LogP contribution < -0.4 is 4.74 Å². The molecule has 1 heterocycles. The zero-order chi connectivity index (χ0) is 13.8. The first kappa shape index (κ1) is 13.9. The number of ether oxygens (including phenoxy) is 1. The maximum absolute atomic E-state index is 11.5. The van der Waals surface area contributed by atoms with Crippen molar-refractivity contribution in [2.45, 2.75) is 40.0 Å². The summed E-state index contributed by atoms with van der Waals surface area (Å²) in [6, 6.07) is 4.26. The maximum atomic E-state index is 11.5. The summed E-state index contributed by atoms with van der Waals surface area (Å²) in [6.07, 6.45) is 2.63. The fourth-order valence-corrected chi connectivity index (χ4v) is 2.47. The number of aryl methyl sites for hydroxylation is 3. The van der Waals surface area contributed by atoms with Gasteiger partial charge in [0, 0.05) is 19.5 Å². The highest BCUT2D eigenvalue weighted by atomic mass is 16.5. The molecule has 0 unspecified atom stereocenters. The number of hydrogen-bond donors (Lipinski definition) is 0. The van der Waals surface area contributed by atoms with E-state index in [0.29, 0.717) is 12.5 Å². The van der Waals surface area contributed by atoms with Gasteiger partial charge in [-0.2, -0.15) is 0 Å². The van der Waals surface area contributed by atoms with Crippen LogP contribution in [0.25, 0.3) is 0 Å². The molecule has 1 fully saturated rings. The van der Waals surface area contributed by atoms with Gasteiger partial charge in [-0.25, -0.2) is 0 Å². The van der Waals surface area contributed by atoms with Gasteiger partial charge in [-0.3, -0.25) is 4.79 Å². The second kappa shape index (κ2) is 6.09. The van der Waals surface area contributed by atoms with E-state index in [-0.39, 0.29) is 0 Å². The smallest absolute Gasteiger partial charge is 0.222 e. The molecule has 1 amide bonds. The van der Waals surface area contributed by atoms with Crippen molar-refractivity contribution in [3.05, 3.63) is 28.8 Å². The van der Waals surface area contributed by atoms with Crippen LogP contribution in [0.5, 0.6) is 5.75 Å².